The zero-order chi connectivity index (χ0) is 13.6. The maximum Gasteiger partial charge on any atom is 0.488 e. The van der Waals surface area contributed by atoms with Crippen molar-refractivity contribution in [1.29, 1.82) is 0 Å². The SMILES string of the molecule is CS(=O)(=O)OCCC#Cc1ccc(B(O)O)cc1. The average molecular weight is 268 g/mol. The molecular weight excluding hydrogens is 255 g/mol. The molecule has 0 bridgehead atoms. The molecule has 5 nitrogen and oxygen atoms in total. The third-order valence-corrected chi connectivity index (χ3v) is 2.56. The molecule has 0 aromatic heterocycles. The van der Waals surface area contributed by atoms with E-state index in [1.165, 1.54) is 0 Å². The number of benzene rings is 1. The molecule has 0 saturated heterocycles. The highest BCUT2D eigenvalue weighted by molar-refractivity contribution is 7.85. The molecule has 1 rings (SSSR count). The molecule has 0 amide bonds. The predicted octanol–water partition coefficient (Wildman–Crippen LogP) is -0.916. The van der Waals surface area contributed by atoms with E-state index in [0.717, 1.165) is 6.26 Å². The van der Waals surface area contributed by atoms with Gasteiger partial charge < -0.3 is 10.0 Å². The number of rotatable bonds is 4. The van der Waals surface area contributed by atoms with E-state index in [1.807, 2.05) is 0 Å². The normalized spacial score (nSPS) is 10.6. The highest BCUT2D eigenvalue weighted by Crippen LogP contribution is 1.95. The summed E-state index contributed by atoms with van der Waals surface area (Å²) in [4.78, 5) is 0. The molecule has 0 fully saturated rings. The van der Waals surface area contributed by atoms with Crippen molar-refractivity contribution >= 4 is 22.7 Å². The Bertz CT molecular complexity index is 539. The van der Waals surface area contributed by atoms with E-state index in [9.17, 15) is 8.42 Å². The topological polar surface area (TPSA) is 83.8 Å². The van der Waals surface area contributed by atoms with Crippen molar-refractivity contribution in [3.05, 3.63) is 29.8 Å². The Morgan fingerprint density at radius 3 is 2.39 bits per heavy atom. The van der Waals surface area contributed by atoms with Gasteiger partial charge in [-0.3, -0.25) is 4.18 Å². The van der Waals surface area contributed by atoms with Gasteiger partial charge in [0.15, 0.2) is 0 Å². The molecule has 0 aliphatic rings. The van der Waals surface area contributed by atoms with Crippen LogP contribution in [0.25, 0.3) is 0 Å². The van der Waals surface area contributed by atoms with E-state index in [-0.39, 0.29) is 6.61 Å². The van der Waals surface area contributed by atoms with Crippen LogP contribution in [-0.4, -0.2) is 38.4 Å². The second-order valence-electron chi connectivity index (χ2n) is 3.57. The first-order chi connectivity index (χ1) is 8.38. The smallest absolute Gasteiger partial charge is 0.423 e. The van der Waals surface area contributed by atoms with E-state index in [2.05, 4.69) is 16.0 Å². The molecule has 7 heteroatoms. The lowest BCUT2D eigenvalue weighted by atomic mass is 9.80. The van der Waals surface area contributed by atoms with Crippen LogP contribution in [0.2, 0.25) is 0 Å². The van der Waals surface area contributed by atoms with Gasteiger partial charge in [-0.15, -0.1) is 0 Å². The van der Waals surface area contributed by atoms with Gasteiger partial charge in [0.1, 0.15) is 0 Å². The Morgan fingerprint density at radius 2 is 1.89 bits per heavy atom. The van der Waals surface area contributed by atoms with Crippen LogP contribution in [0.1, 0.15) is 12.0 Å². The molecule has 0 radical (unpaired) electrons. The van der Waals surface area contributed by atoms with Crippen LogP contribution in [-0.2, 0) is 14.3 Å². The van der Waals surface area contributed by atoms with Crippen LogP contribution >= 0.6 is 0 Å². The predicted molar refractivity (Wildman–Crippen MR) is 68.6 cm³/mol. The van der Waals surface area contributed by atoms with E-state index in [4.69, 9.17) is 10.0 Å². The fraction of sp³-hybridized carbons (Fsp3) is 0.273. The number of hydrogen-bond acceptors (Lipinski definition) is 5. The van der Waals surface area contributed by atoms with Gasteiger partial charge in [-0.1, -0.05) is 24.0 Å². The van der Waals surface area contributed by atoms with Crippen LogP contribution in [0.4, 0.5) is 0 Å². The lowest BCUT2D eigenvalue weighted by Crippen LogP contribution is -2.29. The summed E-state index contributed by atoms with van der Waals surface area (Å²) >= 11 is 0. The highest BCUT2D eigenvalue weighted by Gasteiger charge is 2.08. The van der Waals surface area contributed by atoms with Crippen LogP contribution < -0.4 is 5.46 Å². The maximum absolute atomic E-state index is 10.6. The van der Waals surface area contributed by atoms with Gasteiger partial charge in [-0.05, 0) is 17.6 Å². The van der Waals surface area contributed by atoms with Gasteiger partial charge in [0.2, 0.25) is 0 Å². The van der Waals surface area contributed by atoms with Crippen molar-refractivity contribution < 1.29 is 22.6 Å². The molecule has 1 aromatic rings. The summed E-state index contributed by atoms with van der Waals surface area (Å²) in [6.45, 7) is 0.0271. The summed E-state index contributed by atoms with van der Waals surface area (Å²) in [5.41, 5.74) is 1.10. The third-order valence-electron chi connectivity index (χ3n) is 1.97. The van der Waals surface area contributed by atoms with Gasteiger partial charge in [0.25, 0.3) is 10.1 Å². The molecule has 18 heavy (non-hydrogen) atoms. The van der Waals surface area contributed by atoms with Crippen LogP contribution in [0, 0.1) is 11.8 Å². The van der Waals surface area contributed by atoms with Crippen molar-refractivity contribution in [2.75, 3.05) is 12.9 Å². The second-order valence-corrected chi connectivity index (χ2v) is 5.22. The average Bonchev–Trinajstić information content (AvgIpc) is 2.27. The quantitative estimate of drug-likeness (QED) is 0.319. The molecule has 2 N–H and O–H groups in total. The Kier molecular flexibility index (Phi) is 5.37. The van der Waals surface area contributed by atoms with Gasteiger partial charge >= 0.3 is 7.12 Å². The fourth-order valence-electron chi connectivity index (χ4n) is 1.15. The Hall–Kier alpha value is -1.33. The van der Waals surface area contributed by atoms with Crippen LogP contribution in [0.3, 0.4) is 0 Å². The van der Waals surface area contributed by atoms with Crippen molar-refractivity contribution in [2.24, 2.45) is 0 Å². The highest BCUT2D eigenvalue weighted by atomic mass is 32.2. The van der Waals surface area contributed by atoms with E-state index in [0.29, 0.717) is 17.4 Å². The molecule has 0 atom stereocenters. The zero-order valence-electron chi connectivity index (χ0n) is 9.83. The van der Waals surface area contributed by atoms with E-state index >= 15 is 0 Å². The van der Waals surface area contributed by atoms with Gasteiger partial charge in [-0.2, -0.15) is 8.42 Å². The molecule has 0 aliphatic heterocycles. The lowest BCUT2D eigenvalue weighted by Gasteiger charge is -1.98. The summed E-state index contributed by atoms with van der Waals surface area (Å²) in [6, 6.07) is 6.42. The van der Waals surface area contributed by atoms with Gasteiger partial charge in [-0.25, -0.2) is 0 Å². The molecule has 0 heterocycles. The van der Waals surface area contributed by atoms with Gasteiger partial charge in [0, 0.05) is 12.0 Å². The van der Waals surface area contributed by atoms with Crippen molar-refractivity contribution in [2.45, 2.75) is 6.42 Å². The zero-order valence-corrected chi connectivity index (χ0v) is 10.6. The van der Waals surface area contributed by atoms with Crippen molar-refractivity contribution in [3.63, 3.8) is 0 Å². The molecule has 1 aromatic carbocycles. The first-order valence-electron chi connectivity index (χ1n) is 5.18. The monoisotopic (exact) mass is 268 g/mol. The fourth-order valence-corrected chi connectivity index (χ4v) is 1.53. The minimum atomic E-state index is -3.41. The molecule has 0 unspecified atom stereocenters. The third kappa shape index (κ3) is 5.84. The summed E-state index contributed by atoms with van der Waals surface area (Å²) in [5.74, 6) is 5.57. The second kappa shape index (κ2) is 6.57. The minimum absolute atomic E-state index is 0.0271. The Labute approximate surface area is 107 Å². The Morgan fingerprint density at radius 1 is 1.28 bits per heavy atom. The molecular formula is C11H13BO5S. The molecule has 0 aliphatic carbocycles. The van der Waals surface area contributed by atoms with E-state index in [1.54, 1.807) is 24.3 Å². The standard InChI is InChI=1S/C11H13BO5S/c1-18(15,16)17-9-3-2-4-10-5-7-11(8-6-10)12(13)14/h5-8,13-14H,3,9H2,1H3. The number of hydrogen-bond donors (Lipinski definition) is 2. The first kappa shape index (κ1) is 14.7. The van der Waals surface area contributed by atoms with Crippen LogP contribution in [0.5, 0.6) is 0 Å². The first-order valence-corrected chi connectivity index (χ1v) is 6.99. The van der Waals surface area contributed by atoms with E-state index < -0.39 is 17.2 Å². The maximum atomic E-state index is 10.6. The summed E-state index contributed by atoms with van der Waals surface area (Å²) in [7, 11) is -4.90. The summed E-state index contributed by atoms with van der Waals surface area (Å²) in [5, 5.41) is 17.8. The van der Waals surface area contributed by atoms with Crippen molar-refractivity contribution in [1.82, 2.24) is 0 Å². The van der Waals surface area contributed by atoms with Crippen LogP contribution in [0.15, 0.2) is 24.3 Å². The molecule has 96 valence electrons. The summed E-state index contributed by atoms with van der Waals surface area (Å²) in [6.07, 6.45) is 1.29. The lowest BCUT2D eigenvalue weighted by molar-refractivity contribution is 0.330. The minimum Gasteiger partial charge on any atom is -0.423 e. The Balaban J connectivity index is 2.48. The van der Waals surface area contributed by atoms with Gasteiger partial charge in [0.05, 0.1) is 12.9 Å². The largest absolute Gasteiger partial charge is 0.488 e. The molecule has 0 spiro atoms. The molecule has 0 saturated carbocycles. The summed E-state index contributed by atoms with van der Waals surface area (Å²) < 4.78 is 25.8. The van der Waals surface area contributed by atoms with Crippen molar-refractivity contribution in [3.8, 4) is 11.8 Å².